The second-order valence-electron chi connectivity index (χ2n) is 5.35. The maximum Gasteiger partial charge on any atom is 0.0893 e. The van der Waals surface area contributed by atoms with Crippen molar-refractivity contribution in [1.29, 1.82) is 0 Å². The standard InChI is InChI=1S/C12H20N4S/c1-16-11-3-2-4-12(16)6-9(5-11)13-7-10-8-17-15-14-10/h8-9,11-13H,2-7H2,1H3. The van der Waals surface area contributed by atoms with Gasteiger partial charge in [0.15, 0.2) is 0 Å². The lowest BCUT2D eigenvalue weighted by Crippen LogP contribution is -2.54. The molecule has 1 N–H and O–H groups in total. The Morgan fingerprint density at radius 1 is 1.41 bits per heavy atom. The fraction of sp³-hybridized carbons (Fsp3) is 0.833. The highest BCUT2D eigenvalue weighted by Gasteiger charge is 2.35. The van der Waals surface area contributed by atoms with Gasteiger partial charge in [0.05, 0.1) is 5.69 Å². The van der Waals surface area contributed by atoms with Gasteiger partial charge in [-0.15, -0.1) is 5.10 Å². The monoisotopic (exact) mass is 252 g/mol. The summed E-state index contributed by atoms with van der Waals surface area (Å²) in [5, 5.41) is 9.76. The number of hydrogen-bond donors (Lipinski definition) is 1. The molecule has 1 aromatic heterocycles. The second kappa shape index (κ2) is 5.00. The van der Waals surface area contributed by atoms with E-state index in [0.717, 1.165) is 24.3 Å². The first-order valence-electron chi connectivity index (χ1n) is 6.54. The highest BCUT2D eigenvalue weighted by Crippen LogP contribution is 2.32. The predicted molar refractivity (Wildman–Crippen MR) is 69.0 cm³/mol. The molecule has 2 unspecified atom stereocenters. The maximum absolute atomic E-state index is 4.08. The van der Waals surface area contributed by atoms with E-state index in [-0.39, 0.29) is 0 Å². The number of nitrogens with one attached hydrogen (secondary N) is 1. The minimum atomic E-state index is 0.670. The van der Waals surface area contributed by atoms with Gasteiger partial charge in [-0.25, -0.2) is 0 Å². The summed E-state index contributed by atoms with van der Waals surface area (Å²) in [5.74, 6) is 0. The Labute approximate surface area is 107 Å². The van der Waals surface area contributed by atoms with Crippen LogP contribution in [0.4, 0.5) is 0 Å². The Bertz CT molecular complexity index is 339. The lowest BCUT2D eigenvalue weighted by Gasteiger charge is -2.47. The molecule has 94 valence electrons. The van der Waals surface area contributed by atoms with Crippen LogP contribution in [0.25, 0.3) is 0 Å². The minimum Gasteiger partial charge on any atom is -0.308 e. The van der Waals surface area contributed by atoms with Gasteiger partial charge in [-0.3, -0.25) is 0 Å². The van der Waals surface area contributed by atoms with E-state index in [2.05, 4.69) is 26.9 Å². The third kappa shape index (κ3) is 2.51. The smallest absolute Gasteiger partial charge is 0.0893 e. The van der Waals surface area contributed by atoms with E-state index in [4.69, 9.17) is 0 Å². The van der Waals surface area contributed by atoms with Crippen LogP contribution in [0, 0.1) is 0 Å². The number of nitrogens with zero attached hydrogens (tertiary/aromatic N) is 3. The molecule has 2 bridgehead atoms. The van der Waals surface area contributed by atoms with Crippen LogP contribution in [0.3, 0.4) is 0 Å². The third-order valence-electron chi connectivity index (χ3n) is 4.32. The molecular weight excluding hydrogens is 232 g/mol. The molecule has 2 fully saturated rings. The van der Waals surface area contributed by atoms with Crippen LogP contribution in [-0.4, -0.2) is 39.7 Å². The fourth-order valence-electron chi connectivity index (χ4n) is 3.29. The molecule has 2 aliphatic heterocycles. The van der Waals surface area contributed by atoms with Crippen LogP contribution in [-0.2, 0) is 6.54 Å². The third-order valence-corrected chi connectivity index (χ3v) is 4.87. The van der Waals surface area contributed by atoms with Crippen LogP contribution < -0.4 is 5.32 Å². The molecule has 2 saturated heterocycles. The van der Waals surface area contributed by atoms with Gasteiger partial charge in [-0.2, -0.15) is 0 Å². The number of piperidine rings is 2. The van der Waals surface area contributed by atoms with Gasteiger partial charge >= 0.3 is 0 Å². The summed E-state index contributed by atoms with van der Waals surface area (Å²) in [6, 6.07) is 2.27. The van der Waals surface area contributed by atoms with Crippen molar-refractivity contribution in [2.24, 2.45) is 0 Å². The Morgan fingerprint density at radius 3 is 2.82 bits per heavy atom. The van der Waals surface area contributed by atoms with E-state index >= 15 is 0 Å². The predicted octanol–water partition coefficient (Wildman–Crippen LogP) is 1.64. The van der Waals surface area contributed by atoms with Gasteiger partial charge < -0.3 is 10.2 Å². The maximum atomic E-state index is 4.08. The van der Waals surface area contributed by atoms with E-state index in [0.29, 0.717) is 6.04 Å². The van der Waals surface area contributed by atoms with Gasteiger partial charge in [0.2, 0.25) is 0 Å². The van der Waals surface area contributed by atoms with Crippen molar-refractivity contribution in [1.82, 2.24) is 19.8 Å². The molecule has 3 rings (SSSR count). The summed E-state index contributed by atoms with van der Waals surface area (Å²) in [4.78, 5) is 2.60. The van der Waals surface area contributed by atoms with Crippen molar-refractivity contribution in [2.75, 3.05) is 7.05 Å². The molecule has 0 aromatic carbocycles. The van der Waals surface area contributed by atoms with Gasteiger partial charge in [0.1, 0.15) is 0 Å². The Hall–Kier alpha value is -0.520. The topological polar surface area (TPSA) is 41.0 Å². The van der Waals surface area contributed by atoms with Crippen LogP contribution in [0.5, 0.6) is 0 Å². The average Bonchev–Trinajstić information content (AvgIpc) is 2.79. The molecule has 0 radical (unpaired) electrons. The molecule has 17 heavy (non-hydrogen) atoms. The van der Waals surface area contributed by atoms with E-state index in [1.807, 2.05) is 5.38 Å². The summed E-state index contributed by atoms with van der Waals surface area (Å²) < 4.78 is 3.90. The van der Waals surface area contributed by atoms with Crippen molar-refractivity contribution in [3.8, 4) is 0 Å². The average molecular weight is 252 g/mol. The summed E-state index contributed by atoms with van der Waals surface area (Å²) in [6.07, 6.45) is 6.77. The first-order chi connectivity index (χ1) is 8.33. The molecule has 1 aromatic rings. The zero-order valence-electron chi connectivity index (χ0n) is 10.3. The summed E-state index contributed by atoms with van der Waals surface area (Å²) >= 11 is 1.43. The van der Waals surface area contributed by atoms with Crippen molar-refractivity contribution < 1.29 is 0 Å². The lowest BCUT2D eigenvalue weighted by atomic mass is 9.82. The van der Waals surface area contributed by atoms with Crippen molar-refractivity contribution in [2.45, 2.75) is 56.8 Å². The first-order valence-corrected chi connectivity index (χ1v) is 7.38. The van der Waals surface area contributed by atoms with Gasteiger partial charge in [0, 0.05) is 30.1 Å². The highest BCUT2D eigenvalue weighted by molar-refractivity contribution is 7.03. The summed E-state index contributed by atoms with van der Waals surface area (Å²) in [5.41, 5.74) is 1.08. The quantitative estimate of drug-likeness (QED) is 0.888. The first kappa shape index (κ1) is 11.6. The van der Waals surface area contributed by atoms with Crippen molar-refractivity contribution >= 4 is 11.5 Å². The normalized spacial score (nSPS) is 33.8. The number of aromatic nitrogens is 2. The van der Waals surface area contributed by atoms with E-state index in [9.17, 15) is 0 Å². The highest BCUT2D eigenvalue weighted by atomic mass is 32.1. The van der Waals surface area contributed by atoms with Crippen molar-refractivity contribution in [3.05, 3.63) is 11.1 Å². The lowest BCUT2D eigenvalue weighted by molar-refractivity contribution is 0.0481. The number of fused-ring (bicyclic) bond motifs is 2. The molecule has 4 nitrogen and oxygen atoms in total. The molecule has 0 amide bonds. The van der Waals surface area contributed by atoms with E-state index < -0.39 is 0 Å². The second-order valence-corrected chi connectivity index (χ2v) is 5.96. The fourth-order valence-corrected chi connectivity index (χ4v) is 3.74. The van der Waals surface area contributed by atoms with Gasteiger partial charge in [-0.1, -0.05) is 10.9 Å². The molecule has 0 spiro atoms. The molecule has 2 aliphatic rings. The van der Waals surface area contributed by atoms with Crippen LogP contribution in [0.2, 0.25) is 0 Å². The largest absolute Gasteiger partial charge is 0.308 e. The molecule has 3 heterocycles. The molecule has 0 aliphatic carbocycles. The molecular formula is C12H20N4S. The van der Waals surface area contributed by atoms with Crippen LogP contribution in [0.1, 0.15) is 37.8 Å². The van der Waals surface area contributed by atoms with Crippen molar-refractivity contribution in [3.63, 3.8) is 0 Å². The Kier molecular flexibility index (Phi) is 3.40. The van der Waals surface area contributed by atoms with Crippen LogP contribution in [0.15, 0.2) is 5.38 Å². The Morgan fingerprint density at radius 2 is 2.18 bits per heavy atom. The van der Waals surface area contributed by atoms with Crippen LogP contribution >= 0.6 is 11.5 Å². The summed E-state index contributed by atoms with van der Waals surface area (Å²) in [7, 11) is 2.30. The Balaban J connectivity index is 1.55. The zero-order valence-corrected chi connectivity index (χ0v) is 11.1. The number of hydrogen-bond acceptors (Lipinski definition) is 5. The van der Waals surface area contributed by atoms with Gasteiger partial charge in [-0.05, 0) is 44.3 Å². The number of rotatable bonds is 3. The van der Waals surface area contributed by atoms with E-state index in [1.165, 1.54) is 43.6 Å². The SMILES string of the molecule is CN1C2CCCC1CC(NCc1csnn1)C2. The molecule has 0 saturated carbocycles. The zero-order chi connectivity index (χ0) is 11.7. The molecule has 2 atom stereocenters. The van der Waals surface area contributed by atoms with E-state index in [1.54, 1.807) is 0 Å². The minimum absolute atomic E-state index is 0.670. The van der Waals surface area contributed by atoms with Gasteiger partial charge in [0.25, 0.3) is 0 Å². The summed E-state index contributed by atoms with van der Waals surface area (Å²) in [6.45, 7) is 0.879. The molecule has 5 heteroatoms.